The summed E-state index contributed by atoms with van der Waals surface area (Å²) in [5.74, 6) is -6.17. The average molecular weight is 487 g/mol. The number of likely N-dealkylation sites (tertiary alicyclic amines) is 1. The van der Waals surface area contributed by atoms with Crippen LogP contribution < -0.4 is 0 Å². The van der Waals surface area contributed by atoms with Gasteiger partial charge < -0.3 is 10.0 Å². The van der Waals surface area contributed by atoms with E-state index in [4.69, 9.17) is 5.11 Å². The van der Waals surface area contributed by atoms with E-state index in [2.05, 4.69) is 17.0 Å². The predicted molar refractivity (Wildman–Crippen MR) is 125 cm³/mol. The number of alkyl halides is 2. The highest BCUT2D eigenvalue weighted by Gasteiger charge is 2.68. The van der Waals surface area contributed by atoms with Gasteiger partial charge in [0.15, 0.2) is 5.65 Å². The Hall–Kier alpha value is -2.94. The summed E-state index contributed by atoms with van der Waals surface area (Å²) in [5, 5.41) is 13.7. The number of benzene rings is 1. The lowest BCUT2D eigenvalue weighted by molar-refractivity contribution is 0.0691. The molecule has 9 heteroatoms. The fraction of sp³-hybridized carbons (Fsp3) is 0.500. The first-order chi connectivity index (χ1) is 16.8. The lowest BCUT2D eigenvalue weighted by Crippen LogP contribution is -2.38. The normalized spacial score (nSPS) is 23.9. The van der Waals surface area contributed by atoms with Crippen LogP contribution in [0.2, 0.25) is 0 Å². The van der Waals surface area contributed by atoms with Gasteiger partial charge >= 0.3 is 0 Å². The molecule has 1 aliphatic carbocycles. The molecule has 0 radical (unpaired) electrons. The molecule has 2 unspecified atom stereocenters. The van der Waals surface area contributed by atoms with Gasteiger partial charge in [0.1, 0.15) is 11.5 Å². The maximum Gasteiger partial charge on any atom is 0.272 e. The summed E-state index contributed by atoms with van der Waals surface area (Å²) in [6.45, 7) is 4.07. The van der Waals surface area contributed by atoms with Crippen LogP contribution in [0.5, 0.6) is 0 Å². The van der Waals surface area contributed by atoms with E-state index < -0.39 is 30.2 Å². The van der Waals surface area contributed by atoms with Gasteiger partial charge in [-0.05, 0) is 49.9 Å². The monoisotopic (exact) mass is 486 g/mol. The number of aromatic nitrogens is 3. The lowest BCUT2D eigenvalue weighted by atomic mass is 10.0. The molecule has 0 spiro atoms. The second kappa shape index (κ2) is 8.93. The Morgan fingerprint density at radius 2 is 2.00 bits per heavy atom. The van der Waals surface area contributed by atoms with Crippen molar-refractivity contribution in [3.63, 3.8) is 0 Å². The van der Waals surface area contributed by atoms with Crippen molar-refractivity contribution >= 4 is 11.6 Å². The van der Waals surface area contributed by atoms with E-state index in [9.17, 15) is 13.6 Å². The SMILES string of the molecule is CCc1cc(C(=O)N2CCCCC[C@H]2C)nc2cc(-c3ccc(C4C(CO)C4(F)F)cc3F)nn12. The van der Waals surface area contributed by atoms with Gasteiger partial charge in [-0.3, -0.25) is 4.79 Å². The number of carbonyl (C=O) groups excluding carboxylic acids is 1. The third-order valence-corrected chi connectivity index (χ3v) is 7.42. The zero-order valence-electron chi connectivity index (χ0n) is 19.8. The van der Waals surface area contributed by atoms with Gasteiger partial charge in [0.05, 0.1) is 24.1 Å². The Morgan fingerprint density at radius 1 is 1.20 bits per heavy atom. The van der Waals surface area contributed by atoms with E-state index in [-0.39, 0.29) is 23.1 Å². The molecular weight excluding hydrogens is 457 g/mol. The van der Waals surface area contributed by atoms with Crippen LogP contribution in [-0.2, 0) is 6.42 Å². The molecule has 1 aromatic carbocycles. The zero-order chi connectivity index (χ0) is 24.9. The highest BCUT2D eigenvalue weighted by atomic mass is 19.3. The zero-order valence-corrected chi connectivity index (χ0v) is 19.8. The Kier molecular flexibility index (Phi) is 6.07. The molecule has 3 aromatic rings. The molecule has 2 fully saturated rings. The maximum atomic E-state index is 15.0. The Morgan fingerprint density at radius 3 is 2.69 bits per heavy atom. The third kappa shape index (κ3) is 4.09. The van der Waals surface area contributed by atoms with Crippen molar-refractivity contribution in [2.75, 3.05) is 13.2 Å². The first-order valence-electron chi connectivity index (χ1n) is 12.2. The highest BCUT2D eigenvalue weighted by Crippen LogP contribution is 2.61. The van der Waals surface area contributed by atoms with E-state index in [1.54, 1.807) is 16.6 Å². The van der Waals surface area contributed by atoms with E-state index >= 15 is 4.39 Å². The van der Waals surface area contributed by atoms with Gasteiger partial charge in [0, 0.05) is 29.9 Å². The van der Waals surface area contributed by atoms with Crippen LogP contribution in [0.25, 0.3) is 16.9 Å². The van der Waals surface area contributed by atoms with Gasteiger partial charge in [0.2, 0.25) is 0 Å². The number of nitrogens with zero attached hydrogens (tertiary/aromatic N) is 4. The van der Waals surface area contributed by atoms with E-state index in [1.807, 2.05) is 11.8 Å². The van der Waals surface area contributed by atoms with Gasteiger partial charge in [-0.15, -0.1) is 0 Å². The Balaban J connectivity index is 1.48. The van der Waals surface area contributed by atoms with Crippen molar-refractivity contribution in [1.82, 2.24) is 19.5 Å². The quantitative estimate of drug-likeness (QED) is 0.560. The number of hydrogen-bond donors (Lipinski definition) is 1. The number of halogens is 3. The standard InChI is InChI=1S/C26H29F3N4O2/c1-3-17-12-22(25(35)32-10-6-4-5-7-15(32)2)30-23-13-21(31-33(17)23)18-9-8-16(11-20(18)27)24-19(14-34)26(24,28)29/h8-9,11-13,15,19,24,34H,3-7,10,14H2,1-2H3/t15-,19?,24?/m1/s1. The molecule has 5 rings (SSSR count). The van der Waals surface area contributed by atoms with Crippen molar-refractivity contribution in [1.29, 1.82) is 0 Å². The minimum Gasteiger partial charge on any atom is -0.396 e. The second-order valence-electron chi connectivity index (χ2n) is 9.66. The molecule has 6 nitrogen and oxygen atoms in total. The van der Waals surface area contributed by atoms with Crippen LogP contribution in [0.4, 0.5) is 13.2 Å². The van der Waals surface area contributed by atoms with Crippen molar-refractivity contribution in [2.24, 2.45) is 5.92 Å². The van der Waals surface area contributed by atoms with E-state index in [0.717, 1.165) is 37.4 Å². The molecule has 35 heavy (non-hydrogen) atoms. The molecule has 1 N–H and O–H groups in total. The van der Waals surface area contributed by atoms with E-state index in [1.165, 1.54) is 12.1 Å². The smallest absolute Gasteiger partial charge is 0.272 e. The Labute approximate surface area is 201 Å². The number of carbonyl (C=O) groups is 1. The molecule has 3 atom stereocenters. The number of rotatable bonds is 5. The lowest BCUT2D eigenvalue weighted by Gasteiger charge is -2.27. The number of aliphatic hydroxyl groups excluding tert-OH is 1. The highest BCUT2D eigenvalue weighted by molar-refractivity contribution is 5.93. The summed E-state index contributed by atoms with van der Waals surface area (Å²) in [6, 6.07) is 7.49. The fourth-order valence-corrected chi connectivity index (χ4v) is 5.26. The predicted octanol–water partition coefficient (Wildman–Crippen LogP) is 4.84. The van der Waals surface area contributed by atoms with Crippen molar-refractivity contribution in [2.45, 2.75) is 63.8 Å². The minimum absolute atomic E-state index is 0.112. The maximum absolute atomic E-state index is 15.0. The number of hydrogen-bond acceptors (Lipinski definition) is 4. The van der Waals surface area contributed by atoms with Crippen LogP contribution in [0, 0.1) is 11.7 Å². The molecule has 1 aliphatic heterocycles. The van der Waals surface area contributed by atoms with Crippen molar-refractivity contribution in [3.8, 4) is 11.3 Å². The van der Waals surface area contributed by atoms with E-state index in [0.29, 0.717) is 30.0 Å². The molecule has 3 heterocycles. The number of amides is 1. The number of fused-ring (bicyclic) bond motifs is 1. The molecule has 1 saturated carbocycles. The van der Waals surface area contributed by atoms with Gasteiger partial charge in [-0.2, -0.15) is 5.10 Å². The van der Waals surface area contributed by atoms with Gasteiger partial charge in [-0.25, -0.2) is 22.7 Å². The van der Waals surface area contributed by atoms with Crippen LogP contribution in [0.3, 0.4) is 0 Å². The number of aliphatic hydroxyl groups is 1. The van der Waals surface area contributed by atoms with Crippen LogP contribution in [-0.4, -0.2) is 55.6 Å². The molecular formula is C26H29F3N4O2. The van der Waals surface area contributed by atoms with Gasteiger partial charge in [0.25, 0.3) is 11.8 Å². The summed E-state index contributed by atoms with van der Waals surface area (Å²) in [4.78, 5) is 19.8. The molecule has 0 bridgehead atoms. The fourth-order valence-electron chi connectivity index (χ4n) is 5.26. The summed E-state index contributed by atoms with van der Waals surface area (Å²) < 4.78 is 44.4. The average Bonchev–Trinajstić information content (AvgIpc) is 3.25. The third-order valence-electron chi connectivity index (χ3n) is 7.42. The molecule has 186 valence electrons. The minimum atomic E-state index is -3.03. The molecule has 1 saturated heterocycles. The first-order valence-corrected chi connectivity index (χ1v) is 12.2. The largest absolute Gasteiger partial charge is 0.396 e. The van der Waals surface area contributed by atoms with Gasteiger partial charge in [-0.1, -0.05) is 25.8 Å². The van der Waals surface area contributed by atoms with Crippen molar-refractivity contribution in [3.05, 3.63) is 53.1 Å². The van der Waals surface area contributed by atoms with Crippen LogP contribution >= 0.6 is 0 Å². The van der Waals surface area contributed by atoms with Crippen LogP contribution in [0.15, 0.2) is 30.3 Å². The summed E-state index contributed by atoms with van der Waals surface area (Å²) in [6.07, 6.45) is 4.74. The number of aryl methyl sites for hydroxylation is 1. The summed E-state index contributed by atoms with van der Waals surface area (Å²) >= 11 is 0. The topological polar surface area (TPSA) is 70.7 Å². The second-order valence-corrected chi connectivity index (χ2v) is 9.66. The van der Waals surface area contributed by atoms with Crippen molar-refractivity contribution < 1.29 is 23.1 Å². The molecule has 2 aromatic heterocycles. The first kappa shape index (κ1) is 23.8. The summed E-state index contributed by atoms with van der Waals surface area (Å²) in [7, 11) is 0. The molecule has 1 amide bonds. The molecule has 2 aliphatic rings. The summed E-state index contributed by atoms with van der Waals surface area (Å²) in [5.41, 5.74) is 2.18. The van der Waals surface area contributed by atoms with Crippen LogP contribution in [0.1, 0.15) is 67.2 Å². The Bertz CT molecular complexity index is 1270.